The molecule has 0 heterocycles. The molecule has 10 nitrogen and oxygen atoms in total. The molecule has 0 radical (unpaired) electrons. The Labute approximate surface area is 192 Å². The van der Waals surface area contributed by atoms with E-state index in [-0.39, 0.29) is 24.0 Å². The molecule has 0 bridgehead atoms. The van der Waals surface area contributed by atoms with Gasteiger partial charge in [0.25, 0.3) is 0 Å². The predicted octanol–water partition coefficient (Wildman–Crippen LogP) is 1.51. The number of benzene rings is 2. The lowest BCUT2D eigenvalue weighted by atomic mass is 10.1. The van der Waals surface area contributed by atoms with Crippen molar-refractivity contribution in [1.29, 1.82) is 0 Å². The van der Waals surface area contributed by atoms with Gasteiger partial charge in [-0.2, -0.15) is 0 Å². The van der Waals surface area contributed by atoms with Crippen LogP contribution < -0.4 is 16.4 Å². The number of amides is 2. The fraction of sp³-hybridized carbons (Fsp3) is 0.348. The molecule has 2 aromatic carbocycles. The molecule has 1 atom stereocenters. The molecule has 0 aromatic heterocycles. The number of methoxy groups -OCH3 is 1. The number of ether oxygens (including phenoxy) is 3. The SMILES string of the molecule is COCCOCCOCC(=O)Nc1ccc(CC(N)C(=O)Nc2ccc(C(=O)O)cc2)cc1. The number of carboxylic acid groups (broad SMARTS) is 1. The van der Waals surface area contributed by atoms with Crippen LogP contribution in [-0.2, 0) is 30.2 Å². The number of anilines is 2. The highest BCUT2D eigenvalue weighted by Gasteiger charge is 2.15. The zero-order valence-electron chi connectivity index (χ0n) is 18.4. The van der Waals surface area contributed by atoms with Crippen LogP contribution in [0.4, 0.5) is 11.4 Å². The second kappa shape index (κ2) is 14.0. The second-order valence-electron chi connectivity index (χ2n) is 7.09. The number of carbonyl (C=O) groups is 3. The molecular formula is C23H29N3O7. The van der Waals surface area contributed by atoms with E-state index in [1.54, 1.807) is 31.4 Å². The molecule has 0 saturated heterocycles. The van der Waals surface area contributed by atoms with E-state index in [9.17, 15) is 14.4 Å². The molecular weight excluding hydrogens is 430 g/mol. The maximum Gasteiger partial charge on any atom is 0.335 e. The Hall–Kier alpha value is -3.31. The monoisotopic (exact) mass is 459 g/mol. The summed E-state index contributed by atoms with van der Waals surface area (Å²) in [4.78, 5) is 35.1. The van der Waals surface area contributed by atoms with Crippen molar-refractivity contribution in [3.63, 3.8) is 0 Å². The van der Waals surface area contributed by atoms with Crippen LogP contribution in [0.3, 0.4) is 0 Å². The van der Waals surface area contributed by atoms with E-state index in [1.165, 1.54) is 24.3 Å². The largest absolute Gasteiger partial charge is 0.478 e. The second-order valence-corrected chi connectivity index (χ2v) is 7.09. The lowest BCUT2D eigenvalue weighted by molar-refractivity contribution is -0.121. The predicted molar refractivity (Wildman–Crippen MR) is 122 cm³/mol. The summed E-state index contributed by atoms with van der Waals surface area (Å²) in [5, 5.41) is 14.3. The molecule has 0 saturated carbocycles. The normalized spacial score (nSPS) is 11.6. The first-order valence-electron chi connectivity index (χ1n) is 10.3. The van der Waals surface area contributed by atoms with Gasteiger partial charge in [0.15, 0.2) is 0 Å². The molecule has 0 spiro atoms. The first-order chi connectivity index (χ1) is 15.9. The topological polar surface area (TPSA) is 149 Å². The van der Waals surface area contributed by atoms with E-state index in [1.807, 2.05) is 0 Å². The minimum atomic E-state index is -1.04. The van der Waals surface area contributed by atoms with Crippen molar-refractivity contribution in [2.24, 2.45) is 5.73 Å². The van der Waals surface area contributed by atoms with Crippen molar-refractivity contribution in [2.75, 3.05) is 50.8 Å². The number of hydrogen-bond donors (Lipinski definition) is 4. The summed E-state index contributed by atoms with van der Waals surface area (Å²) in [5.41, 5.74) is 8.00. The molecule has 10 heteroatoms. The highest BCUT2D eigenvalue weighted by Crippen LogP contribution is 2.13. The third-order valence-corrected chi connectivity index (χ3v) is 4.47. The number of rotatable bonds is 14. The van der Waals surface area contributed by atoms with Crippen LogP contribution in [0.5, 0.6) is 0 Å². The minimum absolute atomic E-state index is 0.0894. The number of carbonyl (C=O) groups excluding carboxylic acids is 2. The molecule has 2 aromatic rings. The van der Waals surface area contributed by atoms with Gasteiger partial charge in [0.2, 0.25) is 11.8 Å². The van der Waals surface area contributed by atoms with Gasteiger partial charge in [-0.3, -0.25) is 9.59 Å². The van der Waals surface area contributed by atoms with E-state index in [4.69, 9.17) is 25.1 Å². The van der Waals surface area contributed by atoms with Gasteiger partial charge in [-0.25, -0.2) is 4.79 Å². The lowest BCUT2D eigenvalue weighted by Crippen LogP contribution is -2.37. The zero-order valence-corrected chi connectivity index (χ0v) is 18.4. The Kier molecular flexibility index (Phi) is 11.0. The fourth-order valence-electron chi connectivity index (χ4n) is 2.73. The average molecular weight is 459 g/mol. The summed E-state index contributed by atoms with van der Waals surface area (Å²) in [5.74, 6) is -1.72. The van der Waals surface area contributed by atoms with Gasteiger partial charge in [0.05, 0.1) is 38.0 Å². The maximum atomic E-state index is 12.3. The third-order valence-electron chi connectivity index (χ3n) is 4.47. The van der Waals surface area contributed by atoms with E-state index in [0.29, 0.717) is 44.2 Å². The van der Waals surface area contributed by atoms with Crippen molar-refractivity contribution in [2.45, 2.75) is 12.5 Å². The Morgan fingerprint density at radius 1 is 0.879 bits per heavy atom. The standard InChI is InChI=1S/C23H29N3O7/c1-31-10-11-32-12-13-33-15-21(27)25-18-6-2-16(3-7-18)14-20(24)22(28)26-19-8-4-17(5-9-19)23(29)30/h2-9,20H,10-15,24H2,1H3,(H,25,27)(H,26,28)(H,29,30). The highest BCUT2D eigenvalue weighted by atomic mass is 16.5. The number of nitrogens with two attached hydrogens (primary N) is 1. The van der Waals surface area contributed by atoms with Crippen LogP contribution in [0, 0.1) is 0 Å². The van der Waals surface area contributed by atoms with Crippen molar-refractivity contribution < 1.29 is 33.7 Å². The highest BCUT2D eigenvalue weighted by molar-refractivity contribution is 5.95. The van der Waals surface area contributed by atoms with Crippen molar-refractivity contribution in [3.05, 3.63) is 59.7 Å². The molecule has 2 rings (SSSR count). The molecule has 2 amide bonds. The van der Waals surface area contributed by atoms with Gasteiger partial charge in [-0.1, -0.05) is 12.1 Å². The van der Waals surface area contributed by atoms with E-state index in [0.717, 1.165) is 5.56 Å². The van der Waals surface area contributed by atoms with E-state index in [2.05, 4.69) is 10.6 Å². The first kappa shape index (κ1) is 25.9. The molecule has 1 unspecified atom stereocenters. The van der Waals surface area contributed by atoms with Crippen molar-refractivity contribution in [1.82, 2.24) is 0 Å². The van der Waals surface area contributed by atoms with Gasteiger partial charge >= 0.3 is 5.97 Å². The summed E-state index contributed by atoms with van der Waals surface area (Å²) in [6.07, 6.45) is 0.291. The molecule has 0 aliphatic carbocycles. The zero-order chi connectivity index (χ0) is 24.1. The van der Waals surface area contributed by atoms with E-state index >= 15 is 0 Å². The number of hydrogen-bond acceptors (Lipinski definition) is 7. The third kappa shape index (κ3) is 9.79. The summed E-state index contributed by atoms with van der Waals surface area (Å²) in [6.45, 7) is 1.58. The molecule has 33 heavy (non-hydrogen) atoms. The maximum absolute atomic E-state index is 12.3. The summed E-state index contributed by atoms with van der Waals surface area (Å²) in [7, 11) is 1.59. The smallest absolute Gasteiger partial charge is 0.335 e. The average Bonchev–Trinajstić information content (AvgIpc) is 2.80. The van der Waals surface area contributed by atoms with Crippen molar-refractivity contribution in [3.8, 4) is 0 Å². The number of nitrogens with one attached hydrogen (secondary N) is 2. The Morgan fingerprint density at radius 2 is 1.45 bits per heavy atom. The number of aromatic carboxylic acids is 1. The summed E-state index contributed by atoms with van der Waals surface area (Å²) < 4.78 is 15.3. The van der Waals surface area contributed by atoms with Gasteiger partial charge in [0, 0.05) is 18.5 Å². The Balaban J connectivity index is 1.72. The molecule has 0 aliphatic heterocycles. The molecule has 5 N–H and O–H groups in total. The van der Waals surface area contributed by atoms with E-state index < -0.39 is 12.0 Å². The van der Waals surface area contributed by atoms with Crippen LogP contribution in [-0.4, -0.2) is 69.1 Å². The Bertz CT molecular complexity index is 901. The molecule has 178 valence electrons. The van der Waals surface area contributed by atoms with Gasteiger partial charge in [-0.05, 0) is 48.4 Å². The lowest BCUT2D eigenvalue weighted by Gasteiger charge is -2.13. The minimum Gasteiger partial charge on any atom is -0.478 e. The van der Waals surface area contributed by atoms with Crippen LogP contribution >= 0.6 is 0 Å². The summed E-state index contributed by atoms with van der Waals surface area (Å²) in [6, 6.07) is 12.0. The fourth-order valence-corrected chi connectivity index (χ4v) is 2.73. The van der Waals surface area contributed by atoms with Gasteiger partial charge in [-0.15, -0.1) is 0 Å². The van der Waals surface area contributed by atoms with Crippen LogP contribution in [0.1, 0.15) is 15.9 Å². The van der Waals surface area contributed by atoms with Crippen LogP contribution in [0.2, 0.25) is 0 Å². The van der Waals surface area contributed by atoms with Crippen LogP contribution in [0.15, 0.2) is 48.5 Å². The molecule has 0 fully saturated rings. The van der Waals surface area contributed by atoms with Gasteiger partial charge in [0.1, 0.15) is 6.61 Å². The van der Waals surface area contributed by atoms with Gasteiger partial charge < -0.3 is 35.7 Å². The van der Waals surface area contributed by atoms with Crippen LogP contribution in [0.25, 0.3) is 0 Å². The summed E-state index contributed by atoms with van der Waals surface area (Å²) >= 11 is 0. The van der Waals surface area contributed by atoms with Crippen molar-refractivity contribution >= 4 is 29.2 Å². The number of carboxylic acids is 1. The quantitative estimate of drug-likeness (QED) is 0.311. The molecule has 0 aliphatic rings. The first-order valence-corrected chi connectivity index (χ1v) is 10.3. The Morgan fingerprint density at radius 3 is 2.09 bits per heavy atom.